The minimum absolute atomic E-state index is 0.00888. The molecule has 0 aromatic heterocycles. The summed E-state index contributed by atoms with van der Waals surface area (Å²) in [7, 11) is 0. The predicted molar refractivity (Wildman–Crippen MR) is 161 cm³/mol. The van der Waals surface area contributed by atoms with E-state index in [1.807, 2.05) is 71.6 Å². The molecule has 1 aliphatic carbocycles. The molecule has 0 heterocycles. The number of nitrogens with one attached hydrogen (secondary N) is 1. The van der Waals surface area contributed by atoms with Gasteiger partial charge in [-0.3, -0.25) is 9.59 Å². The number of carbonyl (C=O) groups excluding carboxylic acids is 2. The Bertz CT molecular complexity index is 1410. The molecule has 1 atom stereocenters. The third-order valence-corrected chi connectivity index (χ3v) is 8.20. The van der Waals surface area contributed by atoms with Crippen molar-refractivity contribution in [2.24, 2.45) is 0 Å². The molecule has 0 saturated heterocycles. The molecule has 1 aliphatic rings. The topological polar surface area (TPSA) is 49.4 Å². The van der Waals surface area contributed by atoms with Gasteiger partial charge in [0, 0.05) is 29.9 Å². The number of fused-ring (bicyclic) bond motifs is 1. The summed E-state index contributed by atoms with van der Waals surface area (Å²) >= 11 is 3.57. The lowest BCUT2D eigenvalue weighted by molar-refractivity contribution is -0.141. The maximum Gasteiger partial charge on any atom is 0.243 e. The molecule has 5 rings (SSSR count). The van der Waals surface area contributed by atoms with Crippen LogP contribution in [0.25, 0.3) is 10.8 Å². The van der Waals surface area contributed by atoms with Crippen molar-refractivity contribution in [2.45, 2.75) is 63.6 Å². The van der Waals surface area contributed by atoms with Crippen molar-refractivity contribution in [1.82, 2.24) is 10.2 Å². The van der Waals surface area contributed by atoms with Gasteiger partial charge in [-0.15, -0.1) is 0 Å². The molecule has 1 fully saturated rings. The van der Waals surface area contributed by atoms with E-state index in [2.05, 4.69) is 51.6 Å². The van der Waals surface area contributed by atoms with Gasteiger partial charge in [0.05, 0.1) is 0 Å². The van der Waals surface area contributed by atoms with E-state index in [1.165, 1.54) is 10.8 Å². The second-order valence-electron chi connectivity index (χ2n) is 10.5. The average molecular weight is 584 g/mol. The molecule has 1 N–H and O–H groups in total. The lowest BCUT2D eigenvalue weighted by Crippen LogP contribution is -2.52. The van der Waals surface area contributed by atoms with Gasteiger partial charge in [-0.1, -0.05) is 114 Å². The minimum atomic E-state index is -0.591. The lowest BCUT2D eigenvalue weighted by atomic mass is 9.99. The zero-order valence-electron chi connectivity index (χ0n) is 22.2. The Morgan fingerprint density at radius 1 is 0.846 bits per heavy atom. The lowest BCUT2D eigenvalue weighted by Gasteiger charge is -2.32. The summed E-state index contributed by atoms with van der Waals surface area (Å²) in [6.45, 7) is 0.378. The first-order chi connectivity index (χ1) is 19.1. The van der Waals surface area contributed by atoms with Crippen LogP contribution in [0, 0.1) is 0 Å². The Balaban J connectivity index is 1.44. The molecule has 200 valence electrons. The van der Waals surface area contributed by atoms with Crippen LogP contribution in [0.5, 0.6) is 0 Å². The van der Waals surface area contributed by atoms with Crippen molar-refractivity contribution in [1.29, 1.82) is 0 Å². The molecule has 1 unspecified atom stereocenters. The Labute approximate surface area is 239 Å². The zero-order valence-corrected chi connectivity index (χ0v) is 23.8. The summed E-state index contributed by atoms with van der Waals surface area (Å²) in [5, 5.41) is 5.63. The molecular weight excluding hydrogens is 548 g/mol. The van der Waals surface area contributed by atoms with Crippen molar-refractivity contribution >= 4 is 38.5 Å². The highest BCUT2D eigenvalue weighted by atomic mass is 79.9. The first-order valence-corrected chi connectivity index (χ1v) is 14.7. The number of carbonyl (C=O) groups is 2. The van der Waals surface area contributed by atoms with E-state index in [9.17, 15) is 9.59 Å². The van der Waals surface area contributed by atoms with Crippen LogP contribution in [-0.4, -0.2) is 28.8 Å². The van der Waals surface area contributed by atoms with Gasteiger partial charge in [0.2, 0.25) is 11.8 Å². The Morgan fingerprint density at radius 3 is 2.33 bits per heavy atom. The van der Waals surface area contributed by atoms with Crippen LogP contribution in [0.15, 0.2) is 102 Å². The molecule has 0 bridgehead atoms. The molecule has 2 amide bonds. The van der Waals surface area contributed by atoms with E-state index >= 15 is 0 Å². The Hall–Kier alpha value is -3.44. The van der Waals surface area contributed by atoms with Crippen LogP contribution in [-0.2, 0) is 29.0 Å². The van der Waals surface area contributed by atoms with Gasteiger partial charge >= 0.3 is 0 Å². The third kappa shape index (κ3) is 7.15. The number of halogens is 1. The van der Waals surface area contributed by atoms with Gasteiger partial charge in [-0.25, -0.2) is 0 Å². The summed E-state index contributed by atoms with van der Waals surface area (Å²) in [5.74, 6) is -0.0651. The van der Waals surface area contributed by atoms with E-state index in [1.54, 1.807) is 0 Å². The van der Waals surface area contributed by atoms with Crippen molar-refractivity contribution < 1.29 is 9.59 Å². The second-order valence-corrected chi connectivity index (χ2v) is 11.4. The number of benzene rings is 4. The largest absolute Gasteiger partial charge is 0.352 e. The smallest absolute Gasteiger partial charge is 0.243 e. The highest BCUT2D eigenvalue weighted by Crippen LogP contribution is 2.23. The standard InChI is InChI=1S/C34H35BrN2O2/c35-29-16-8-12-26(22-29)24-37(33(38)21-20-28-15-9-14-27-13-4-7-19-31(27)28)32(23-25-10-2-1-3-11-25)34(39)36-30-17-5-6-18-30/h1-4,7-16,19,22,30,32H,5-6,17-18,20-21,23-24H2,(H,36,39). The molecule has 0 spiro atoms. The fourth-order valence-electron chi connectivity index (χ4n) is 5.65. The fraction of sp³-hybridized carbons (Fsp3) is 0.294. The van der Waals surface area contributed by atoms with Crippen molar-refractivity contribution in [3.63, 3.8) is 0 Å². The summed E-state index contributed by atoms with van der Waals surface area (Å²) < 4.78 is 0.957. The molecule has 5 heteroatoms. The average Bonchev–Trinajstić information content (AvgIpc) is 3.47. The number of hydrogen-bond donors (Lipinski definition) is 1. The van der Waals surface area contributed by atoms with E-state index < -0.39 is 6.04 Å². The molecule has 0 radical (unpaired) electrons. The van der Waals surface area contributed by atoms with Crippen molar-refractivity contribution in [3.8, 4) is 0 Å². The number of rotatable bonds is 10. The maximum atomic E-state index is 14.0. The van der Waals surface area contributed by atoms with Crippen molar-refractivity contribution in [2.75, 3.05) is 0 Å². The molecule has 0 aliphatic heterocycles. The normalized spacial score (nSPS) is 14.3. The second kappa shape index (κ2) is 13.1. The maximum absolute atomic E-state index is 14.0. The van der Waals surface area contributed by atoms with E-state index in [4.69, 9.17) is 0 Å². The van der Waals surface area contributed by atoms with E-state index in [-0.39, 0.29) is 17.9 Å². The molecule has 4 nitrogen and oxygen atoms in total. The highest BCUT2D eigenvalue weighted by Gasteiger charge is 2.32. The minimum Gasteiger partial charge on any atom is -0.352 e. The first-order valence-electron chi connectivity index (χ1n) is 13.9. The molecule has 4 aromatic rings. The predicted octanol–water partition coefficient (Wildman–Crippen LogP) is 7.23. The fourth-order valence-corrected chi connectivity index (χ4v) is 6.10. The summed E-state index contributed by atoms with van der Waals surface area (Å²) in [4.78, 5) is 29.7. The van der Waals surface area contributed by atoms with Crippen LogP contribution in [0.4, 0.5) is 0 Å². The van der Waals surface area contributed by atoms with Crippen LogP contribution < -0.4 is 5.32 Å². The number of amides is 2. The number of aryl methyl sites for hydroxylation is 1. The van der Waals surface area contributed by atoms with Crippen LogP contribution in [0.3, 0.4) is 0 Å². The Kier molecular flexibility index (Phi) is 9.10. The monoisotopic (exact) mass is 582 g/mol. The van der Waals surface area contributed by atoms with Gasteiger partial charge in [0.15, 0.2) is 0 Å². The quantitative estimate of drug-likeness (QED) is 0.214. The highest BCUT2D eigenvalue weighted by molar-refractivity contribution is 9.10. The molecule has 4 aromatic carbocycles. The van der Waals surface area contributed by atoms with E-state index in [0.717, 1.165) is 46.8 Å². The van der Waals surface area contributed by atoms with E-state index in [0.29, 0.717) is 25.8 Å². The molecule has 1 saturated carbocycles. The zero-order chi connectivity index (χ0) is 27.0. The summed E-state index contributed by atoms with van der Waals surface area (Å²) in [6.07, 6.45) is 5.73. The summed E-state index contributed by atoms with van der Waals surface area (Å²) in [6, 6.07) is 32.2. The first kappa shape index (κ1) is 27.1. The van der Waals surface area contributed by atoms with Gasteiger partial charge in [-0.2, -0.15) is 0 Å². The SMILES string of the molecule is O=C(NC1CCCC1)C(Cc1ccccc1)N(Cc1cccc(Br)c1)C(=O)CCc1cccc2ccccc12. The van der Waals surface area contributed by atoms with Gasteiger partial charge in [-0.05, 0) is 58.9 Å². The molecular formula is C34H35BrN2O2. The van der Waals surface area contributed by atoms with Gasteiger partial charge < -0.3 is 10.2 Å². The molecule has 39 heavy (non-hydrogen) atoms. The van der Waals surface area contributed by atoms with Crippen LogP contribution in [0.1, 0.15) is 48.8 Å². The van der Waals surface area contributed by atoms with Crippen LogP contribution >= 0.6 is 15.9 Å². The third-order valence-electron chi connectivity index (χ3n) is 7.70. The Morgan fingerprint density at radius 2 is 1.54 bits per heavy atom. The number of nitrogens with zero attached hydrogens (tertiary/aromatic N) is 1. The van der Waals surface area contributed by atoms with Gasteiger partial charge in [0.1, 0.15) is 6.04 Å². The number of hydrogen-bond acceptors (Lipinski definition) is 2. The van der Waals surface area contributed by atoms with Crippen LogP contribution in [0.2, 0.25) is 0 Å². The summed E-state index contributed by atoms with van der Waals surface area (Å²) in [5.41, 5.74) is 3.19. The van der Waals surface area contributed by atoms with Crippen molar-refractivity contribution in [3.05, 3.63) is 118 Å². The van der Waals surface area contributed by atoms with Gasteiger partial charge in [0.25, 0.3) is 0 Å².